The Hall–Kier alpha value is -4.20. The first-order chi connectivity index (χ1) is 13.3. The second-order valence-electron chi connectivity index (χ2n) is 5.75. The number of benzene rings is 2. The molecule has 0 radical (unpaired) electrons. The van der Waals surface area contributed by atoms with Crippen LogP contribution in [0.1, 0.15) is 26.3 Å². The van der Waals surface area contributed by atoms with Gasteiger partial charge in [0.1, 0.15) is 11.8 Å². The second-order valence-corrected chi connectivity index (χ2v) is 5.75. The van der Waals surface area contributed by atoms with E-state index in [-0.39, 0.29) is 27.8 Å². The molecule has 0 fully saturated rings. The number of carbonyl (C=O) groups excluding carboxylic acids is 1. The summed E-state index contributed by atoms with van der Waals surface area (Å²) in [6.07, 6.45) is 3.55. The molecule has 3 N–H and O–H groups in total. The van der Waals surface area contributed by atoms with Crippen molar-refractivity contribution in [3.63, 3.8) is 0 Å². The Bertz CT molecular complexity index is 1160. The number of carboxylic acid groups (broad SMARTS) is 2. The van der Waals surface area contributed by atoms with Crippen molar-refractivity contribution in [2.24, 2.45) is 0 Å². The zero-order valence-corrected chi connectivity index (χ0v) is 14.2. The number of nitrogens with one attached hydrogen (secondary N) is 1. The molecule has 0 atom stereocenters. The number of hydrogen-bond acceptors (Lipinski definition) is 5. The molecular formula is C20H13NO7. The van der Waals surface area contributed by atoms with Crippen molar-refractivity contribution in [2.45, 2.75) is 0 Å². The molecule has 0 aliphatic carbocycles. The minimum atomic E-state index is -1.33. The average molecular weight is 379 g/mol. The SMILES string of the molecule is O=C(/C=C/c1coc2ccccc2c1=O)Nc1cc(C(=O)O)cc(C(=O)O)c1. The fourth-order valence-electron chi connectivity index (χ4n) is 2.50. The first-order valence-corrected chi connectivity index (χ1v) is 7.96. The molecule has 0 unspecified atom stereocenters. The highest BCUT2D eigenvalue weighted by Gasteiger charge is 2.12. The third kappa shape index (κ3) is 3.96. The van der Waals surface area contributed by atoms with Crippen LogP contribution in [0.4, 0.5) is 5.69 Å². The van der Waals surface area contributed by atoms with E-state index in [4.69, 9.17) is 14.6 Å². The van der Waals surface area contributed by atoms with Gasteiger partial charge < -0.3 is 19.9 Å². The Morgan fingerprint density at radius 2 is 1.61 bits per heavy atom. The number of carboxylic acids is 2. The summed E-state index contributed by atoms with van der Waals surface area (Å²) >= 11 is 0. The fraction of sp³-hybridized carbons (Fsp3) is 0. The zero-order valence-electron chi connectivity index (χ0n) is 14.2. The number of hydrogen-bond donors (Lipinski definition) is 3. The summed E-state index contributed by atoms with van der Waals surface area (Å²) in [4.78, 5) is 46.7. The van der Waals surface area contributed by atoms with E-state index >= 15 is 0 Å². The predicted octanol–water partition coefficient (Wildman–Crippen LogP) is 2.84. The first kappa shape index (κ1) is 18.6. The first-order valence-electron chi connectivity index (χ1n) is 7.96. The van der Waals surface area contributed by atoms with Gasteiger partial charge in [-0.25, -0.2) is 9.59 Å². The number of amides is 1. The van der Waals surface area contributed by atoms with E-state index in [0.717, 1.165) is 24.3 Å². The molecule has 0 saturated heterocycles. The summed E-state index contributed by atoms with van der Waals surface area (Å²) in [5.41, 5.74) is -0.312. The lowest BCUT2D eigenvalue weighted by atomic mass is 10.1. The normalized spacial score (nSPS) is 10.9. The topological polar surface area (TPSA) is 134 Å². The van der Waals surface area contributed by atoms with Crippen LogP contribution in [0, 0.1) is 0 Å². The van der Waals surface area contributed by atoms with Crippen LogP contribution in [-0.4, -0.2) is 28.1 Å². The maximum atomic E-state index is 12.4. The molecule has 0 saturated carbocycles. The van der Waals surface area contributed by atoms with Gasteiger partial charge >= 0.3 is 11.9 Å². The minimum absolute atomic E-state index is 0.00232. The van der Waals surface area contributed by atoms with Crippen LogP contribution < -0.4 is 10.7 Å². The maximum absolute atomic E-state index is 12.4. The molecule has 2 aromatic carbocycles. The summed E-state index contributed by atoms with van der Waals surface area (Å²) < 4.78 is 5.34. The van der Waals surface area contributed by atoms with Gasteiger partial charge in [0.15, 0.2) is 5.43 Å². The van der Waals surface area contributed by atoms with Crippen LogP contribution in [0.15, 0.2) is 64.0 Å². The molecule has 8 heteroatoms. The van der Waals surface area contributed by atoms with Gasteiger partial charge in [-0.15, -0.1) is 0 Å². The number of carbonyl (C=O) groups is 3. The van der Waals surface area contributed by atoms with Crippen LogP contribution in [0.3, 0.4) is 0 Å². The van der Waals surface area contributed by atoms with Gasteiger partial charge in [-0.1, -0.05) is 12.1 Å². The standard InChI is InChI=1S/C20H13NO7/c22-17(21-14-8-12(19(24)25)7-13(9-14)20(26)27)6-5-11-10-28-16-4-2-1-3-15(16)18(11)23/h1-10H,(H,21,22)(H,24,25)(H,26,27)/b6-5+. The molecule has 1 amide bonds. The summed E-state index contributed by atoms with van der Waals surface area (Å²) in [6.45, 7) is 0. The molecule has 1 heterocycles. The van der Waals surface area contributed by atoms with Crippen LogP contribution >= 0.6 is 0 Å². The van der Waals surface area contributed by atoms with Gasteiger partial charge in [-0.2, -0.15) is 0 Å². The van der Waals surface area contributed by atoms with Gasteiger partial charge in [0.05, 0.1) is 22.1 Å². The number of anilines is 1. The van der Waals surface area contributed by atoms with E-state index in [0.29, 0.717) is 11.0 Å². The van der Waals surface area contributed by atoms with Gasteiger partial charge in [-0.05, 0) is 36.4 Å². The number of aromatic carboxylic acids is 2. The molecule has 140 valence electrons. The molecule has 8 nitrogen and oxygen atoms in total. The Morgan fingerprint density at radius 3 is 2.25 bits per heavy atom. The lowest BCUT2D eigenvalue weighted by molar-refractivity contribution is -0.111. The van der Waals surface area contributed by atoms with Crippen LogP contribution in [0.5, 0.6) is 0 Å². The molecule has 0 aliphatic heterocycles. The fourth-order valence-corrected chi connectivity index (χ4v) is 2.50. The quantitative estimate of drug-likeness (QED) is 0.580. The summed E-state index contributed by atoms with van der Waals surface area (Å²) in [5.74, 6) is -3.34. The Kier molecular flexibility index (Phi) is 5.03. The van der Waals surface area contributed by atoms with Crippen molar-refractivity contribution in [3.8, 4) is 0 Å². The van der Waals surface area contributed by atoms with E-state index in [2.05, 4.69) is 5.32 Å². The lowest BCUT2D eigenvalue weighted by Crippen LogP contribution is -2.11. The summed E-state index contributed by atoms with van der Waals surface area (Å²) in [7, 11) is 0. The third-order valence-corrected chi connectivity index (χ3v) is 3.82. The van der Waals surface area contributed by atoms with Crippen LogP contribution in [-0.2, 0) is 4.79 Å². The minimum Gasteiger partial charge on any atom is -0.478 e. The third-order valence-electron chi connectivity index (χ3n) is 3.82. The molecule has 3 aromatic rings. The van der Waals surface area contributed by atoms with Crippen molar-refractivity contribution in [1.82, 2.24) is 0 Å². The Labute approximate surface area is 157 Å². The van der Waals surface area contributed by atoms with E-state index in [1.807, 2.05) is 0 Å². The van der Waals surface area contributed by atoms with E-state index < -0.39 is 17.8 Å². The second kappa shape index (κ2) is 7.58. The van der Waals surface area contributed by atoms with Crippen LogP contribution in [0.25, 0.3) is 17.0 Å². The highest BCUT2D eigenvalue weighted by Crippen LogP contribution is 2.16. The molecular weight excluding hydrogens is 366 g/mol. The van der Waals surface area contributed by atoms with Crippen molar-refractivity contribution < 1.29 is 29.0 Å². The monoisotopic (exact) mass is 379 g/mol. The maximum Gasteiger partial charge on any atom is 0.335 e. The van der Waals surface area contributed by atoms with Crippen molar-refractivity contribution in [1.29, 1.82) is 0 Å². The molecule has 0 bridgehead atoms. The van der Waals surface area contributed by atoms with E-state index in [1.54, 1.807) is 24.3 Å². The van der Waals surface area contributed by atoms with Gasteiger partial charge in [0.25, 0.3) is 0 Å². The Balaban J connectivity index is 1.84. The summed E-state index contributed by atoms with van der Waals surface area (Å²) in [6, 6.07) is 9.90. The number of fused-ring (bicyclic) bond motifs is 1. The molecule has 28 heavy (non-hydrogen) atoms. The molecule has 1 aromatic heterocycles. The molecule has 0 aliphatic rings. The van der Waals surface area contributed by atoms with Crippen molar-refractivity contribution in [3.05, 3.63) is 81.7 Å². The van der Waals surface area contributed by atoms with Gasteiger partial charge in [0.2, 0.25) is 5.91 Å². The van der Waals surface area contributed by atoms with Crippen molar-refractivity contribution >= 4 is 40.6 Å². The van der Waals surface area contributed by atoms with E-state index in [9.17, 15) is 19.2 Å². The largest absolute Gasteiger partial charge is 0.478 e. The van der Waals surface area contributed by atoms with Crippen LogP contribution in [0.2, 0.25) is 0 Å². The number of rotatable bonds is 5. The van der Waals surface area contributed by atoms with Crippen molar-refractivity contribution in [2.75, 3.05) is 5.32 Å². The molecule has 3 rings (SSSR count). The van der Waals surface area contributed by atoms with E-state index in [1.165, 1.54) is 12.3 Å². The van der Waals surface area contributed by atoms with Gasteiger partial charge in [0, 0.05) is 11.8 Å². The smallest absolute Gasteiger partial charge is 0.335 e. The highest BCUT2D eigenvalue weighted by molar-refractivity contribution is 6.04. The number of para-hydroxylation sites is 1. The lowest BCUT2D eigenvalue weighted by Gasteiger charge is -2.06. The highest BCUT2D eigenvalue weighted by atomic mass is 16.4. The zero-order chi connectivity index (χ0) is 20.3. The Morgan fingerprint density at radius 1 is 0.964 bits per heavy atom. The van der Waals surface area contributed by atoms with Gasteiger partial charge in [-0.3, -0.25) is 9.59 Å². The predicted molar refractivity (Wildman–Crippen MR) is 101 cm³/mol. The molecule has 0 spiro atoms. The average Bonchev–Trinajstić information content (AvgIpc) is 2.67. The summed E-state index contributed by atoms with van der Waals surface area (Å²) in [5, 5.41) is 20.8.